The summed E-state index contributed by atoms with van der Waals surface area (Å²) in [6, 6.07) is 1.99. The van der Waals surface area contributed by atoms with Crippen molar-refractivity contribution in [1.82, 2.24) is 20.2 Å². The molecular weight excluding hydrogens is 304 g/mol. The van der Waals surface area contributed by atoms with E-state index >= 15 is 0 Å². The monoisotopic (exact) mass is 326 g/mol. The van der Waals surface area contributed by atoms with Crippen molar-refractivity contribution in [3.8, 4) is 0 Å². The van der Waals surface area contributed by atoms with Crippen LogP contribution in [0.3, 0.4) is 0 Å². The van der Waals surface area contributed by atoms with Crippen molar-refractivity contribution < 1.29 is 4.79 Å². The molecule has 0 aliphatic heterocycles. The highest BCUT2D eigenvalue weighted by Crippen LogP contribution is 2.52. The number of nitrogens with zero attached hydrogens (tertiary/aromatic N) is 4. The summed E-state index contributed by atoms with van der Waals surface area (Å²) in [5.74, 6) is 3.42. The van der Waals surface area contributed by atoms with Crippen molar-refractivity contribution in [1.29, 1.82) is 0 Å². The number of likely N-dealkylation sites (N-methyl/N-ethyl adjacent to an activating group) is 1. The molecule has 0 aromatic carbocycles. The minimum Gasteiger partial charge on any atom is -0.349 e. The molecule has 2 bridgehead atoms. The van der Waals surface area contributed by atoms with E-state index < -0.39 is 0 Å². The van der Waals surface area contributed by atoms with E-state index in [4.69, 9.17) is 0 Å². The summed E-state index contributed by atoms with van der Waals surface area (Å²) < 4.78 is 0. The fourth-order valence-corrected chi connectivity index (χ4v) is 4.18. The smallest absolute Gasteiger partial charge is 0.245 e. The molecule has 0 radical (unpaired) electrons. The highest BCUT2D eigenvalue weighted by molar-refractivity contribution is 5.93. The van der Waals surface area contributed by atoms with E-state index in [2.05, 4.69) is 25.5 Å². The van der Waals surface area contributed by atoms with Gasteiger partial charge in [-0.1, -0.05) is 6.42 Å². The number of hydrogen-bond acceptors (Lipinski definition) is 5. The first-order chi connectivity index (χ1) is 11.7. The summed E-state index contributed by atoms with van der Waals surface area (Å²) in [5.41, 5.74) is 1.17. The maximum Gasteiger partial charge on any atom is 0.245 e. The fraction of sp³-hybridized carbons (Fsp3) is 0.529. The van der Waals surface area contributed by atoms with Crippen LogP contribution in [0.15, 0.2) is 24.7 Å². The lowest BCUT2D eigenvalue weighted by Crippen LogP contribution is -2.30. The summed E-state index contributed by atoms with van der Waals surface area (Å²) in [5, 5.41) is 10.2. The Morgan fingerprint density at radius 3 is 3.00 bits per heavy atom. The molecule has 2 heterocycles. The van der Waals surface area contributed by atoms with Gasteiger partial charge in [-0.3, -0.25) is 14.9 Å². The maximum absolute atomic E-state index is 12.2. The standard InChI is InChI=1S/C17H22N6O/c1-23(16-9-18-4-5-19-16)10-17(24)20-15-8-14(21-22-15)13-7-11-2-3-12(13)6-11/h4-5,8-9,11-13H,2-3,6-7,10H2,1H3,(H2,20,21,22,24). The Balaban J connectivity index is 1.35. The molecule has 2 saturated carbocycles. The van der Waals surface area contributed by atoms with E-state index in [0.717, 1.165) is 11.8 Å². The predicted molar refractivity (Wildman–Crippen MR) is 90.7 cm³/mol. The Morgan fingerprint density at radius 2 is 2.29 bits per heavy atom. The molecule has 2 fully saturated rings. The van der Waals surface area contributed by atoms with Crippen LogP contribution in [0.5, 0.6) is 0 Å². The molecule has 7 nitrogen and oxygen atoms in total. The normalized spacial score (nSPS) is 25.0. The van der Waals surface area contributed by atoms with Crippen molar-refractivity contribution in [2.45, 2.75) is 31.6 Å². The van der Waals surface area contributed by atoms with Crippen LogP contribution < -0.4 is 10.2 Å². The van der Waals surface area contributed by atoms with Crippen molar-refractivity contribution in [2.24, 2.45) is 11.8 Å². The number of carbonyl (C=O) groups is 1. The Labute approximate surface area is 140 Å². The van der Waals surface area contributed by atoms with E-state index in [1.165, 1.54) is 31.4 Å². The third kappa shape index (κ3) is 2.98. The maximum atomic E-state index is 12.2. The van der Waals surface area contributed by atoms with E-state index in [9.17, 15) is 4.79 Å². The number of amides is 1. The Morgan fingerprint density at radius 1 is 1.38 bits per heavy atom. The zero-order chi connectivity index (χ0) is 16.5. The third-order valence-electron chi connectivity index (χ3n) is 5.32. The number of carbonyl (C=O) groups excluding carboxylic acids is 1. The summed E-state index contributed by atoms with van der Waals surface area (Å²) in [6.45, 7) is 0.203. The van der Waals surface area contributed by atoms with Crippen LogP contribution in [0.4, 0.5) is 11.6 Å². The van der Waals surface area contributed by atoms with Gasteiger partial charge in [0.1, 0.15) is 5.82 Å². The van der Waals surface area contributed by atoms with Crippen LogP contribution in [0.1, 0.15) is 37.3 Å². The van der Waals surface area contributed by atoms with Gasteiger partial charge in [-0.2, -0.15) is 5.10 Å². The molecule has 7 heteroatoms. The van der Waals surface area contributed by atoms with Gasteiger partial charge in [0, 0.05) is 37.1 Å². The molecule has 0 spiro atoms. The van der Waals surface area contributed by atoms with Crippen LogP contribution in [-0.2, 0) is 4.79 Å². The number of nitrogens with one attached hydrogen (secondary N) is 2. The molecule has 2 aliphatic rings. The topological polar surface area (TPSA) is 86.8 Å². The quantitative estimate of drug-likeness (QED) is 0.879. The fourth-order valence-electron chi connectivity index (χ4n) is 4.18. The molecule has 2 aromatic rings. The average molecular weight is 326 g/mol. The summed E-state index contributed by atoms with van der Waals surface area (Å²) in [6.07, 6.45) is 10.2. The highest BCUT2D eigenvalue weighted by Gasteiger charge is 2.40. The molecular formula is C17H22N6O. The van der Waals surface area contributed by atoms with Crippen molar-refractivity contribution >= 4 is 17.5 Å². The Kier molecular flexibility index (Phi) is 3.92. The van der Waals surface area contributed by atoms with Crippen LogP contribution in [0, 0.1) is 11.8 Å². The lowest BCUT2D eigenvalue weighted by Gasteiger charge is -2.19. The molecule has 24 heavy (non-hydrogen) atoms. The zero-order valence-corrected chi connectivity index (χ0v) is 13.8. The molecule has 3 unspecified atom stereocenters. The summed E-state index contributed by atoms with van der Waals surface area (Å²) in [4.78, 5) is 22.1. The van der Waals surface area contributed by atoms with Gasteiger partial charge >= 0.3 is 0 Å². The van der Waals surface area contributed by atoms with Crippen LogP contribution in [0.2, 0.25) is 0 Å². The minimum atomic E-state index is -0.117. The Hall–Kier alpha value is -2.44. The number of rotatable bonds is 5. The lowest BCUT2D eigenvalue weighted by atomic mass is 9.86. The molecule has 2 aliphatic carbocycles. The molecule has 126 valence electrons. The van der Waals surface area contributed by atoms with Crippen LogP contribution >= 0.6 is 0 Å². The summed E-state index contributed by atoms with van der Waals surface area (Å²) in [7, 11) is 1.81. The number of aromatic amines is 1. The van der Waals surface area contributed by atoms with Gasteiger partial charge in [-0.15, -0.1) is 0 Å². The molecule has 1 amide bonds. The van der Waals surface area contributed by atoms with Gasteiger partial charge in [0.2, 0.25) is 5.91 Å². The van der Waals surface area contributed by atoms with Gasteiger partial charge in [-0.05, 0) is 31.1 Å². The van der Waals surface area contributed by atoms with E-state index in [-0.39, 0.29) is 12.5 Å². The second-order valence-corrected chi connectivity index (χ2v) is 6.96. The predicted octanol–water partition coefficient (Wildman–Crippen LogP) is 2.18. The van der Waals surface area contributed by atoms with Crippen LogP contribution in [0.25, 0.3) is 0 Å². The summed E-state index contributed by atoms with van der Waals surface area (Å²) >= 11 is 0. The minimum absolute atomic E-state index is 0.117. The Bertz CT molecular complexity index is 715. The van der Waals surface area contributed by atoms with Gasteiger partial charge in [0.05, 0.1) is 12.7 Å². The lowest BCUT2D eigenvalue weighted by molar-refractivity contribution is -0.114. The van der Waals surface area contributed by atoms with E-state index in [1.54, 1.807) is 23.5 Å². The van der Waals surface area contributed by atoms with Gasteiger partial charge in [0.15, 0.2) is 5.82 Å². The first-order valence-electron chi connectivity index (χ1n) is 8.51. The van der Waals surface area contributed by atoms with E-state index in [1.807, 2.05) is 13.1 Å². The molecule has 2 N–H and O–H groups in total. The molecule has 3 atom stereocenters. The van der Waals surface area contributed by atoms with Gasteiger partial charge in [-0.25, -0.2) is 4.98 Å². The van der Waals surface area contributed by atoms with E-state index in [0.29, 0.717) is 17.6 Å². The van der Waals surface area contributed by atoms with Crippen molar-refractivity contribution in [3.63, 3.8) is 0 Å². The first-order valence-corrected chi connectivity index (χ1v) is 8.51. The number of fused-ring (bicyclic) bond motifs is 2. The first kappa shape index (κ1) is 15.1. The van der Waals surface area contributed by atoms with Gasteiger partial charge < -0.3 is 10.2 Å². The second kappa shape index (κ2) is 6.22. The molecule has 0 saturated heterocycles. The molecule has 2 aromatic heterocycles. The third-order valence-corrected chi connectivity index (χ3v) is 5.32. The second-order valence-electron chi connectivity index (χ2n) is 6.96. The number of H-pyrrole nitrogens is 1. The van der Waals surface area contributed by atoms with Crippen molar-refractivity contribution in [2.75, 3.05) is 23.8 Å². The highest BCUT2D eigenvalue weighted by atomic mass is 16.2. The largest absolute Gasteiger partial charge is 0.349 e. The zero-order valence-electron chi connectivity index (χ0n) is 13.8. The van der Waals surface area contributed by atoms with Crippen molar-refractivity contribution in [3.05, 3.63) is 30.4 Å². The SMILES string of the molecule is CN(CC(=O)Nc1cc(C2CC3CCC2C3)[nH]n1)c1cnccn1. The van der Waals surface area contributed by atoms with Gasteiger partial charge in [0.25, 0.3) is 0 Å². The molecule has 4 rings (SSSR count). The number of anilines is 2. The van der Waals surface area contributed by atoms with Crippen LogP contribution in [-0.4, -0.2) is 39.7 Å². The number of hydrogen-bond donors (Lipinski definition) is 2. The number of aromatic nitrogens is 4. The average Bonchev–Trinajstić information content (AvgIpc) is 3.31.